The van der Waals surface area contributed by atoms with Crippen molar-refractivity contribution in [1.82, 2.24) is 10.2 Å². The van der Waals surface area contributed by atoms with Crippen molar-refractivity contribution in [2.24, 2.45) is 0 Å². The Hall–Kier alpha value is -0.280. The van der Waals surface area contributed by atoms with Gasteiger partial charge in [0, 0.05) is 6.04 Å². The molecule has 4 heteroatoms. The monoisotopic (exact) mass is 260 g/mol. The van der Waals surface area contributed by atoms with Gasteiger partial charge in [0.25, 0.3) is 0 Å². The van der Waals surface area contributed by atoms with Gasteiger partial charge in [-0.05, 0) is 45.7 Å². The lowest BCUT2D eigenvalue weighted by atomic mass is 10.0. The summed E-state index contributed by atoms with van der Waals surface area (Å²) in [6, 6.07) is 6.01. The highest BCUT2D eigenvalue weighted by Crippen LogP contribution is 2.31. The Bertz CT molecular complexity index is 340. The molecule has 0 aliphatic heterocycles. The number of halogens is 2. The fraction of sp³-hybridized carbons (Fsp3) is 0.500. The molecule has 1 atom stereocenters. The second-order valence-electron chi connectivity index (χ2n) is 4.08. The molecule has 0 radical (unpaired) electrons. The van der Waals surface area contributed by atoms with Gasteiger partial charge in [0.2, 0.25) is 0 Å². The summed E-state index contributed by atoms with van der Waals surface area (Å²) in [5, 5.41) is 4.54. The van der Waals surface area contributed by atoms with Crippen LogP contribution in [0.5, 0.6) is 0 Å². The summed E-state index contributed by atoms with van der Waals surface area (Å²) >= 11 is 12.2. The van der Waals surface area contributed by atoms with Crippen LogP contribution < -0.4 is 5.32 Å². The molecule has 0 heterocycles. The van der Waals surface area contributed by atoms with Gasteiger partial charge in [0.15, 0.2) is 0 Å². The lowest BCUT2D eigenvalue weighted by Gasteiger charge is -2.20. The van der Waals surface area contributed by atoms with Gasteiger partial charge >= 0.3 is 0 Å². The zero-order chi connectivity index (χ0) is 12.1. The number of nitrogens with zero attached hydrogens (tertiary/aromatic N) is 1. The smallest absolute Gasteiger partial charge is 0.0640 e. The average Bonchev–Trinajstić information content (AvgIpc) is 2.24. The van der Waals surface area contributed by atoms with E-state index in [1.807, 2.05) is 25.2 Å². The van der Waals surface area contributed by atoms with E-state index in [0.717, 1.165) is 18.5 Å². The third-order valence-electron chi connectivity index (χ3n) is 2.57. The summed E-state index contributed by atoms with van der Waals surface area (Å²) in [7, 11) is 6.07. The van der Waals surface area contributed by atoms with Crippen molar-refractivity contribution in [2.45, 2.75) is 12.5 Å². The summed E-state index contributed by atoms with van der Waals surface area (Å²) in [6.45, 7) is 1.01. The fourth-order valence-corrected chi connectivity index (χ4v) is 2.07. The quantitative estimate of drug-likeness (QED) is 0.875. The van der Waals surface area contributed by atoms with Gasteiger partial charge < -0.3 is 10.2 Å². The Morgan fingerprint density at radius 1 is 1.31 bits per heavy atom. The van der Waals surface area contributed by atoms with Crippen LogP contribution in [0, 0.1) is 0 Å². The minimum atomic E-state index is 0.244. The Morgan fingerprint density at radius 2 is 2.00 bits per heavy atom. The third-order valence-corrected chi connectivity index (χ3v) is 3.40. The van der Waals surface area contributed by atoms with Crippen LogP contribution in [-0.4, -0.2) is 32.6 Å². The number of nitrogens with one attached hydrogen (secondary N) is 1. The van der Waals surface area contributed by atoms with Crippen LogP contribution in [0.3, 0.4) is 0 Å². The molecule has 0 aliphatic carbocycles. The van der Waals surface area contributed by atoms with E-state index in [0.29, 0.717) is 10.0 Å². The molecule has 0 amide bonds. The Kier molecular flexibility index (Phi) is 5.56. The first kappa shape index (κ1) is 13.8. The molecule has 2 nitrogen and oxygen atoms in total. The van der Waals surface area contributed by atoms with Crippen LogP contribution in [0.4, 0.5) is 0 Å². The molecule has 0 aliphatic rings. The van der Waals surface area contributed by atoms with Gasteiger partial charge in [0.05, 0.1) is 10.0 Å². The van der Waals surface area contributed by atoms with E-state index in [9.17, 15) is 0 Å². The minimum Gasteiger partial charge on any atom is -0.313 e. The van der Waals surface area contributed by atoms with E-state index in [1.54, 1.807) is 0 Å². The molecule has 1 aromatic carbocycles. The van der Waals surface area contributed by atoms with Crippen molar-refractivity contribution < 1.29 is 0 Å². The van der Waals surface area contributed by atoms with Gasteiger partial charge in [-0.15, -0.1) is 0 Å². The van der Waals surface area contributed by atoms with E-state index in [2.05, 4.69) is 24.3 Å². The molecule has 0 aromatic heterocycles. The maximum atomic E-state index is 6.20. The SMILES string of the molecule is CNC(CCN(C)C)c1cccc(Cl)c1Cl. The predicted molar refractivity (Wildman–Crippen MR) is 71.4 cm³/mol. The first-order chi connectivity index (χ1) is 7.56. The molecule has 16 heavy (non-hydrogen) atoms. The summed E-state index contributed by atoms with van der Waals surface area (Å²) in [5.41, 5.74) is 1.07. The van der Waals surface area contributed by atoms with Crippen molar-refractivity contribution in [1.29, 1.82) is 0 Å². The van der Waals surface area contributed by atoms with E-state index in [1.165, 1.54) is 0 Å². The van der Waals surface area contributed by atoms with E-state index < -0.39 is 0 Å². The fourth-order valence-electron chi connectivity index (χ4n) is 1.63. The van der Waals surface area contributed by atoms with Crippen molar-refractivity contribution in [3.8, 4) is 0 Å². The second-order valence-corrected chi connectivity index (χ2v) is 4.86. The molecule has 0 fully saturated rings. The normalized spacial score (nSPS) is 13.1. The second kappa shape index (κ2) is 6.45. The van der Waals surface area contributed by atoms with Crippen molar-refractivity contribution >= 4 is 23.2 Å². The van der Waals surface area contributed by atoms with Gasteiger partial charge in [-0.2, -0.15) is 0 Å². The van der Waals surface area contributed by atoms with Gasteiger partial charge in [-0.25, -0.2) is 0 Å². The molecular weight excluding hydrogens is 243 g/mol. The molecule has 1 N–H and O–H groups in total. The van der Waals surface area contributed by atoms with E-state index in [-0.39, 0.29) is 6.04 Å². The highest BCUT2D eigenvalue weighted by Gasteiger charge is 2.14. The van der Waals surface area contributed by atoms with Crippen LogP contribution in [-0.2, 0) is 0 Å². The Balaban J connectivity index is 2.82. The first-order valence-electron chi connectivity index (χ1n) is 5.32. The Labute approximate surface area is 108 Å². The molecule has 1 aromatic rings. The van der Waals surface area contributed by atoms with E-state index >= 15 is 0 Å². The highest BCUT2D eigenvalue weighted by atomic mass is 35.5. The number of hydrogen-bond donors (Lipinski definition) is 1. The zero-order valence-corrected chi connectivity index (χ0v) is 11.4. The maximum absolute atomic E-state index is 6.20. The molecule has 1 rings (SSSR count). The summed E-state index contributed by atoms with van der Waals surface area (Å²) in [6.07, 6.45) is 1.00. The van der Waals surface area contributed by atoms with Gasteiger partial charge in [-0.1, -0.05) is 35.3 Å². The van der Waals surface area contributed by atoms with Crippen LogP contribution in [0.1, 0.15) is 18.0 Å². The summed E-state index contributed by atoms with van der Waals surface area (Å²) in [4.78, 5) is 2.16. The highest BCUT2D eigenvalue weighted by molar-refractivity contribution is 6.42. The van der Waals surface area contributed by atoms with E-state index in [4.69, 9.17) is 23.2 Å². The third kappa shape index (κ3) is 3.63. The Morgan fingerprint density at radius 3 is 2.56 bits per heavy atom. The molecule has 0 saturated carbocycles. The molecule has 1 unspecified atom stereocenters. The number of hydrogen-bond acceptors (Lipinski definition) is 2. The van der Waals surface area contributed by atoms with Crippen LogP contribution in [0.25, 0.3) is 0 Å². The summed E-state index contributed by atoms with van der Waals surface area (Å²) < 4.78 is 0. The lowest BCUT2D eigenvalue weighted by molar-refractivity contribution is 0.368. The van der Waals surface area contributed by atoms with Crippen molar-refractivity contribution in [3.05, 3.63) is 33.8 Å². The number of benzene rings is 1. The number of rotatable bonds is 5. The largest absolute Gasteiger partial charge is 0.313 e. The van der Waals surface area contributed by atoms with Crippen LogP contribution in [0.2, 0.25) is 10.0 Å². The molecule has 0 saturated heterocycles. The first-order valence-corrected chi connectivity index (χ1v) is 6.07. The summed E-state index contributed by atoms with van der Waals surface area (Å²) in [5.74, 6) is 0. The van der Waals surface area contributed by atoms with Crippen LogP contribution in [0.15, 0.2) is 18.2 Å². The van der Waals surface area contributed by atoms with Crippen molar-refractivity contribution in [2.75, 3.05) is 27.7 Å². The topological polar surface area (TPSA) is 15.3 Å². The average molecular weight is 261 g/mol. The maximum Gasteiger partial charge on any atom is 0.0640 e. The zero-order valence-electron chi connectivity index (χ0n) is 9.93. The molecule has 0 bridgehead atoms. The molecule has 90 valence electrons. The lowest BCUT2D eigenvalue weighted by Crippen LogP contribution is -2.23. The standard InChI is InChI=1S/C12H18Cl2N2/c1-15-11(7-8-16(2)3)9-5-4-6-10(13)12(9)14/h4-6,11,15H,7-8H2,1-3H3. The minimum absolute atomic E-state index is 0.244. The predicted octanol–water partition coefficient (Wildman–Crippen LogP) is 3.21. The molecular formula is C12H18Cl2N2. The van der Waals surface area contributed by atoms with Crippen molar-refractivity contribution in [3.63, 3.8) is 0 Å². The molecule has 0 spiro atoms. The van der Waals surface area contributed by atoms with Gasteiger partial charge in [0.1, 0.15) is 0 Å². The van der Waals surface area contributed by atoms with Gasteiger partial charge in [-0.3, -0.25) is 0 Å². The van der Waals surface area contributed by atoms with Crippen LogP contribution >= 0.6 is 23.2 Å².